The molecule has 0 spiro atoms. The summed E-state index contributed by atoms with van der Waals surface area (Å²) >= 11 is 0. The lowest BCUT2D eigenvalue weighted by molar-refractivity contribution is 0.0423. The van der Waals surface area contributed by atoms with E-state index in [1.807, 2.05) is 31.2 Å². The van der Waals surface area contributed by atoms with Crippen molar-refractivity contribution >= 4 is 5.97 Å². The maximum absolute atomic E-state index is 12.0. The predicted molar refractivity (Wildman–Crippen MR) is 90.7 cm³/mol. The number of hydrogen-bond acceptors (Lipinski definition) is 2. The largest absolute Gasteiger partial charge is 0.455 e. The van der Waals surface area contributed by atoms with Gasteiger partial charge in [0.2, 0.25) is 0 Å². The van der Waals surface area contributed by atoms with Crippen molar-refractivity contribution in [3.63, 3.8) is 0 Å². The van der Waals surface area contributed by atoms with Crippen molar-refractivity contribution in [2.45, 2.75) is 46.6 Å². The van der Waals surface area contributed by atoms with E-state index < -0.39 is 0 Å². The van der Waals surface area contributed by atoms with Crippen molar-refractivity contribution in [3.05, 3.63) is 59.7 Å². The Morgan fingerprint density at radius 3 is 2.64 bits per heavy atom. The third-order valence-corrected chi connectivity index (χ3v) is 4.46. The second kappa shape index (κ2) is 6.95. The second-order valence-electron chi connectivity index (χ2n) is 6.81. The zero-order valence-electron chi connectivity index (χ0n) is 14.0. The Hall–Kier alpha value is -1.83. The minimum absolute atomic E-state index is 0.224. The highest BCUT2D eigenvalue weighted by molar-refractivity contribution is 5.89. The van der Waals surface area contributed by atoms with Gasteiger partial charge in [-0.25, -0.2) is 4.79 Å². The van der Waals surface area contributed by atoms with Crippen LogP contribution in [0.1, 0.15) is 50.9 Å². The van der Waals surface area contributed by atoms with Crippen molar-refractivity contribution in [2.75, 3.05) is 0 Å². The van der Waals surface area contributed by atoms with E-state index >= 15 is 0 Å². The Labute approximate surface area is 133 Å². The first-order chi connectivity index (χ1) is 10.4. The van der Waals surface area contributed by atoms with Gasteiger partial charge in [0.05, 0.1) is 5.56 Å². The molecule has 1 unspecified atom stereocenters. The summed E-state index contributed by atoms with van der Waals surface area (Å²) < 4.78 is 5.49. The average molecular weight is 298 g/mol. The lowest BCUT2D eigenvalue weighted by Crippen LogP contribution is -2.26. The summed E-state index contributed by atoms with van der Waals surface area (Å²) in [6.07, 6.45) is 8.66. The zero-order chi connectivity index (χ0) is 16.2. The molecule has 1 aliphatic rings. The van der Waals surface area contributed by atoms with Crippen molar-refractivity contribution in [3.8, 4) is 0 Å². The van der Waals surface area contributed by atoms with Crippen LogP contribution in [0, 0.1) is 11.3 Å². The Morgan fingerprint density at radius 1 is 1.32 bits per heavy atom. The molecule has 2 heteroatoms. The van der Waals surface area contributed by atoms with Crippen LogP contribution in [0.5, 0.6) is 0 Å². The first-order valence-electron chi connectivity index (χ1n) is 8.01. The van der Waals surface area contributed by atoms with E-state index in [2.05, 4.69) is 32.9 Å². The molecular weight excluding hydrogens is 272 g/mol. The monoisotopic (exact) mass is 298 g/mol. The fourth-order valence-corrected chi connectivity index (χ4v) is 3.10. The number of benzene rings is 1. The van der Waals surface area contributed by atoms with Crippen molar-refractivity contribution in [1.82, 2.24) is 0 Å². The minimum Gasteiger partial charge on any atom is -0.455 e. The van der Waals surface area contributed by atoms with Crippen LogP contribution in [0.3, 0.4) is 0 Å². The molecule has 22 heavy (non-hydrogen) atoms. The molecule has 1 aromatic rings. The molecule has 1 aromatic carbocycles. The number of esters is 1. The van der Waals surface area contributed by atoms with Gasteiger partial charge in [0.1, 0.15) is 6.10 Å². The van der Waals surface area contributed by atoms with Gasteiger partial charge in [-0.3, -0.25) is 0 Å². The maximum Gasteiger partial charge on any atom is 0.338 e. The van der Waals surface area contributed by atoms with Crippen LogP contribution in [-0.2, 0) is 4.74 Å². The standard InChI is InChI=1S/C20H26O2/c1-15-9-8-14-20(3,4)18(15)13-12-16(2)22-19(21)17-10-6-5-7-11-17/h5-7,9-13,16,18H,8,14H2,1-4H3/b13-12+/t16?,18-/m0/s1. The molecular formula is C20H26O2. The molecule has 2 nitrogen and oxygen atoms in total. The van der Waals surface area contributed by atoms with E-state index in [4.69, 9.17) is 4.74 Å². The second-order valence-corrected chi connectivity index (χ2v) is 6.81. The highest BCUT2D eigenvalue weighted by Crippen LogP contribution is 2.41. The van der Waals surface area contributed by atoms with E-state index in [0.717, 1.165) is 6.42 Å². The number of ether oxygens (including phenoxy) is 1. The summed E-state index contributed by atoms with van der Waals surface area (Å²) in [6, 6.07) is 9.12. The first-order valence-corrected chi connectivity index (χ1v) is 8.01. The molecule has 0 N–H and O–H groups in total. The fourth-order valence-electron chi connectivity index (χ4n) is 3.10. The van der Waals surface area contributed by atoms with Crippen molar-refractivity contribution in [1.29, 1.82) is 0 Å². The summed E-state index contributed by atoms with van der Waals surface area (Å²) in [7, 11) is 0. The fraction of sp³-hybridized carbons (Fsp3) is 0.450. The van der Waals surface area contributed by atoms with Gasteiger partial charge in [-0.15, -0.1) is 0 Å². The lowest BCUT2D eigenvalue weighted by atomic mass is 9.68. The van der Waals surface area contributed by atoms with Crippen molar-refractivity contribution < 1.29 is 9.53 Å². The van der Waals surface area contributed by atoms with Crippen LogP contribution >= 0.6 is 0 Å². The van der Waals surface area contributed by atoms with Crippen LogP contribution in [0.2, 0.25) is 0 Å². The summed E-state index contributed by atoms with van der Waals surface area (Å²) in [6.45, 7) is 8.71. The molecule has 118 valence electrons. The van der Waals surface area contributed by atoms with E-state index in [9.17, 15) is 4.79 Å². The lowest BCUT2D eigenvalue weighted by Gasteiger charge is -2.36. The Balaban J connectivity index is 1.99. The SMILES string of the molecule is CC1=CCCC(C)(C)[C@H]1/C=C/C(C)OC(=O)c1ccccc1. The van der Waals surface area contributed by atoms with Crippen molar-refractivity contribution in [2.24, 2.45) is 11.3 Å². The van der Waals surface area contributed by atoms with Crippen LogP contribution in [0.15, 0.2) is 54.1 Å². The topological polar surface area (TPSA) is 26.3 Å². The molecule has 0 radical (unpaired) electrons. The van der Waals surface area contributed by atoms with Gasteiger partial charge in [-0.1, -0.05) is 49.8 Å². The Morgan fingerprint density at radius 2 is 2.00 bits per heavy atom. The average Bonchev–Trinajstić information content (AvgIpc) is 2.47. The van der Waals surface area contributed by atoms with E-state index in [0.29, 0.717) is 11.5 Å². The number of hydrogen-bond donors (Lipinski definition) is 0. The van der Waals surface area contributed by atoms with Gasteiger partial charge in [0, 0.05) is 5.92 Å². The molecule has 0 heterocycles. The van der Waals surface area contributed by atoms with Crippen LogP contribution in [0.4, 0.5) is 0 Å². The molecule has 0 amide bonds. The normalized spacial score (nSPS) is 22.2. The molecule has 0 bridgehead atoms. The molecule has 0 fully saturated rings. The van der Waals surface area contributed by atoms with Gasteiger partial charge in [-0.2, -0.15) is 0 Å². The predicted octanol–water partition coefficient (Wildman–Crippen LogP) is 5.17. The molecule has 0 saturated carbocycles. The Kier molecular flexibility index (Phi) is 5.23. The number of carbonyl (C=O) groups excluding carboxylic acids is 1. The highest BCUT2D eigenvalue weighted by atomic mass is 16.5. The highest BCUT2D eigenvalue weighted by Gasteiger charge is 2.30. The summed E-state index contributed by atoms with van der Waals surface area (Å²) in [5.41, 5.74) is 2.27. The molecule has 0 saturated heterocycles. The first kappa shape index (κ1) is 16.5. The minimum atomic E-state index is -0.270. The number of carbonyl (C=O) groups is 1. The molecule has 0 aliphatic heterocycles. The van der Waals surface area contributed by atoms with Gasteiger partial charge in [0.25, 0.3) is 0 Å². The quantitative estimate of drug-likeness (QED) is 0.566. The summed E-state index contributed by atoms with van der Waals surface area (Å²) in [5, 5.41) is 0. The molecule has 2 rings (SSSR count). The smallest absolute Gasteiger partial charge is 0.338 e. The number of rotatable bonds is 4. The van der Waals surface area contributed by atoms with Gasteiger partial charge >= 0.3 is 5.97 Å². The van der Waals surface area contributed by atoms with Gasteiger partial charge in [-0.05, 0) is 50.3 Å². The zero-order valence-corrected chi connectivity index (χ0v) is 14.0. The molecule has 1 aliphatic carbocycles. The third kappa shape index (κ3) is 4.09. The van der Waals surface area contributed by atoms with Crippen LogP contribution < -0.4 is 0 Å². The molecule has 0 aromatic heterocycles. The van der Waals surface area contributed by atoms with Crippen LogP contribution in [0.25, 0.3) is 0 Å². The van der Waals surface area contributed by atoms with E-state index in [1.54, 1.807) is 12.1 Å². The molecule has 2 atom stereocenters. The van der Waals surface area contributed by atoms with E-state index in [-0.39, 0.29) is 17.5 Å². The van der Waals surface area contributed by atoms with E-state index in [1.165, 1.54) is 12.0 Å². The van der Waals surface area contributed by atoms with Crippen LogP contribution in [-0.4, -0.2) is 12.1 Å². The summed E-state index contributed by atoms with van der Waals surface area (Å²) in [4.78, 5) is 12.0. The Bertz CT molecular complexity index is 567. The van der Waals surface area contributed by atoms with Gasteiger partial charge in [0.15, 0.2) is 0 Å². The van der Waals surface area contributed by atoms with Gasteiger partial charge < -0.3 is 4.74 Å². The third-order valence-electron chi connectivity index (χ3n) is 4.46. The number of allylic oxidation sites excluding steroid dienone is 3. The maximum atomic E-state index is 12.0. The summed E-state index contributed by atoms with van der Waals surface area (Å²) in [5.74, 6) is 0.145.